The number of hydrogen-bond acceptors (Lipinski definition) is 5. The van der Waals surface area contributed by atoms with Crippen LogP contribution in [0, 0.1) is 24.4 Å². The van der Waals surface area contributed by atoms with Crippen LogP contribution in [0.15, 0.2) is 30.3 Å². The number of nitrogens with one attached hydrogen (secondary N) is 2. The molecule has 0 bridgehead atoms. The molecule has 1 amide bonds. The molecule has 1 aliphatic rings. The Hall–Kier alpha value is -2.62. The highest BCUT2D eigenvalue weighted by atomic mass is 19.2. The van der Waals surface area contributed by atoms with Crippen molar-refractivity contribution in [1.82, 2.24) is 10.4 Å². The zero-order valence-corrected chi connectivity index (χ0v) is 17.4. The number of nitrogens with zero attached hydrogens (tertiary/aromatic N) is 1. The van der Waals surface area contributed by atoms with Gasteiger partial charge in [0.05, 0.1) is 43.7 Å². The van der Waals surface area contributed by atoms with E-state index in [9.17, 15) is 23.1 Å². The van der Waals surface area contributed by atoms with Gasteiger partial charge < -0.3 is 20.2 Å². The molecule has 2 aromatic rings. The lowest BCUT2D eigenvalue weighted by Gasteiger charge is -2.46. The quantitative estimate of drug-likeness (QED) is 0.618. The molecule has 0 atom stereocenters. The molecule has 1 aliphatic heterocycles. The summed E-state index contributed by atoms with van der Waals surface area (Å²) in [4.78, 5) is 18.7. The Balaban J connectivity index is 0.00000155. The summed E-state index contributed by atoms with van der Waals surface area (Å²) in [6, 6.07) is 6.17. The molecule has 0 radical (unpaired) electrons. The van der Waals surface area contributed by atoms with Gasteiger partial charge in [-0.25, -0.2) is 13.2 Å². The van der Waals surface area contributed by atoms with E-state index in [2.05, 4.69) is 15.6 Å². The fraction of sp³-hybridized carbons (Fsp3) is 0.381. The summed E-state index contributed by atoms with van der Waals surface area (Å²) in [5, 5.41) is 12.7. The SMILES string of the molecule is CC.CONCC1(O)CN(C(=O)c2ccc(F)c(F)c2Nc2ccc(C)cc2F)C1. The third-order valence-corrected chi connectivity index (χ3v) is 4.51. The van der Waals surface area contributed by atoms with Crippen LogP contribution < -0.4 is 10.8 Å². The van der Waals surface area contributed by atoms with Crippen LogP contribution in [0.5, 0.6) is 0 Å². The number of likely N-dealkylation sites (tertiary alicyclic amines) is 1. The van der Waals surface area contributed by atoms with Crippen molar-refractivity contribution in [2.45, 2.75) is 26.4 Å². The van der Waals surface area contributed by atoms with Gasteiger partial charge in [0.15, 0.2) is 11.6 Å². The summed E-state index contributed by atoms with van der Waals surface area (Å²) in [5.74, 6) is -3.74. The Kier molecular flexibility index (Phi) is 7.83. The second-order valence-electron chi connectivity index (χ2n) is 6.80. The van der Waals surface area contributed by atoms with Gasteiger partial charge in [0, 0.05) is 0 Å². The third kappa shape index (κ3) is 5.10. The van der Waals surface area contributed by atoms with Crippen molar-refractivity contribution in [2.75, 3.05) is 32.1 Å². The highest BCUT2D eigenvalue weighted by molar-refractivity contribution is 6.01. The molecule has 1 saturated heterocycles. The lowest BCUT2D eigenvalue weighted by atomic mass is 9.93. The van der Waals surface area contributed by atoms with E-state index < -0.39 is 34.6 Å². The Labute approximate surface area is 173 Å². The highest BCUT2D eigenvalue weighted by Gasteiger charge is 2.44. The summed E-state index contributed by atoms with van der Waals surface area (Å²) in [6.45, 7) is 5.76. The molecule has 2 aromatic carbocycles. The van der Waals surface area contributed by atoms with Crippen LogP contribution in [0.4, 0.5) is 24.5 Å². The summed E-state index contributed by atoms with van der Waals surface area (Å²) >= 11 is 0. The molecule has 0 saturated carbocycles. The fourth-order valence-electron chi connectivity index (χ4n) is 3.00. The molecule has 9 heteroatoms. The lowest BCUT2D eigenvalue weighted by molar-refractivity contribution is -0.0992. The Bertz CT molecular complexity index is 903. The van der Waals surface area contributed by atoms with E-state index in [-0.39, 0.29) is 30.9 Å². The Morgan fingerprint density at radius 1 is 1.17 bits per heavy atom. The maximum Gasteiger partial charge on any atom is 0.256 e. The number of aliphatic hydroxyl groups is 1. The molecular weight excluding hydrogens is 399 g/mol. The molecule has 1 heterocycles. The number of hydroxylamine groups is 1. The van der Waals surface area contributed by atoms with Gasteiger partial charge in [-0.1, -0.05) is 19.9 Å². The number of benzene rings is 2. The van der Waals surface area contributed by atoms with E-state index in [1.807, 2.05) is 13.8 Å². The molecule has 3 rings (SSSR count). The van der Waals surface area contributed by atoms with Gasteiger partial charge in [0.2, 0.25) is 0 Å². The standard InChI is InChI=1S/C19H20F3N3O3.C2H6/c1-11-3-6-15(14(21)7-11)24-17-12(4-5-13(20)16(17)22)18(26)25-9-19(27,10-25)8-23-28-2;1-2/h3-7,23-24,27H,8-10H2,1-2H3;1-2H3. The van der Waals surface area contributed by atoms with Crippen LogP contribution in [-0.4, -0.2) is 48.3 Å². The molecule has 0 aliphatic carbocycles. The van der Waals surface area contributed by atoms with Gasteiger partial charge >= 0.3 is 0 Å². The van der Waals surface area contributed by atoms with E-state index in [0.717, 1.165) is 12.1 Å². The van der Waals surface area contributed by atoms with Crippen molar-refractivity contribution in [3.8, 4) is 0 Å². The average molecular weight is 425 g/mol. The van der Waals surface area contributed by atoms with Gasteiger partial charge in [0.25, 0.3) is 5.91 Å². The fourth-order valence-corrected chi connectivity index (χ4v) is 3.00. The van der Waals surface area contributed by atoms with E-state index in [1.165, 1.54) is 24.1 Å². The predicted molar refractivity (Wildman–Crippen MR) is 108 cm³/mol. The summed E-state index contributed by atoms with van der Waals surface area (Å²) in [7, 11) is 1.40. The largest absolute Gasteiger partial charge is 0.385 e. The minimum Gasteiger partial charge on any atom is -0.385 e. The number of aryl methyl sites for hydroxylation is 1. The molecule has 0 aromatic heterocycles. The van der Waals surface area contributed by atoms with E-state index >= 15 is 0 Å². The number of β-amino-alcohol motifs (C(OH)–C–C–N with tert-alkyl or cyclic N) is 1. The first kappa shape index (κ1) is 23.7. The molecule has 6 nitrogen and oxygen atoms in total. The number of amides is 1. The minimum absolute atomic E-state index is 0.0144. The average Bonchev–Trinajstić information content (AvgIpc) is 2.70. The first-order valence-corrected chi connectivity index (χ1v) is 9.53. The van der Waals surface area contributed by atoms with Crippen molar-refractivity contribution in [2.24, 2.45) is 0 Å². The van der Waals surface area contributed by atoms with Gasteiger partial charge in [-0.05, 0) is 36.8 Å². The summed E-state index contributed by atoms with van der Waals surface area (Å²) in [6.07, 6.45) is 0. The van der Waals surface area contributed by atoms with Crippen LogP contribution in [0.25, 0.3) is 0 Å². The molecule has 30 heavy (non-hydrogen) atoms. The van der Waals surface area contributed by atoms with Crippen molar-refractivity contribution in [3.05, 3.63) is 58.9 Å². The molecule has 0 spiro atoms. The number of anilines is 2. The lowest BCUT2D eigenvalue weighted by Crippen LogP contribution is -2.67. The highest BCUT2D eigenvalue weighted by Crippen LogP contribution is 2.31. The van der Waals surface area contributed by atoms with Crippen molar-refractivity contribution >= 4 is 17.3 Å². The second kappa shape index (κ2) is 9.92. The van der Waals surface area contributed by atoms with E-state index in [0.29, 0.717) is 5.56 Å². The smallest absolute Gasteiger partial charge is 0.256 e. The topological polar surface area (TPSA) is 73.8 Å². The van der Waals surface area contributed by atoms with Crippen molar-refractivity contribution < 1.29 is 27.9 Å². The normalized spacial score (nSPS) is 14.5. The zero-order valence-electron chi connectivity index (χ0n) is 17.4. The van der Waals surface area contributed by atoms with Gasteiger partial charge in [-0.15, -0.1) is 0 Å². The molecule has 1 fully saturated rings. The monoisotopic (exact) mass is 425 g/mol. The van der Waals surface area contributed by atoms with Crippen molar-refractivity contribution in [1.29, 1.82) is 0 Å². The third-order valence-electron chi connectivity index (χ3n) is 4.51. The molecule has 0 unspecified atom stereocenters. The maximum absolute atomic E-state index is 14.4. The van der Waals surface area contributed by atoms with Crippen LogP contribution in [0.1, 0.15) is 29.8 Å². The number of carbonyl (C=O) groups excluding carboxylic acids is 1. The van der Waals surface area contributed by atoms with Crippen LogP contribution in [0.3, 0.4) is 0 Å². The van der Waals surface area contributed by atoms with Gasteiger partial charge in [-0.3, -0.25) is 4.79 Å². The van der Waals surface area contributed by atoms with E-state index in [4.69, 9.17) is 0 Å². The number of carbonyl (C=O) groups is 1. The zero-order chi connectivity index (χ0) is 22.5. The van der Waals surface area contributed by atoms with E-state index in [1.54, 1.807) is 13.0 Å². The molecule has 164 valence electrons. The minimum atomic E-state index is -1.29. The molecular formula is C21H26F3N3O3. The number of hydrogen-bond donors (Lipinski definition) is 3. The number of halogens is 3. The van der Waals surface area contributed by atoms with Crippen LogP contribution in [-0.2, 0) is 4.84 Å². The Morgan fingerprint density at radius 3 is 2.43 bits per heavy atom. The summed E-state index contributed by atoms with van der Waals surface area (Å²) in [5.41, 5.74) is 1.27. The van der Waals surface area contributed by atoms with Crippen molar-refractivity contribution in [3.63, 3.8) is 0 Å². The maximum atomic E-state index is 14.4. The first-order valence-electron chi connectivity index (χ1n) is 9.53. The predicted octanol–water partition coefficient (Wildman–Crippen LogP) is 3.52. The second-order valence-corrected chi connectivity index (χ2v) is 6.80. The summed E-state index contributed by atoms with van der Waals surface area (Å²) < 4.78 is 42.3. The van der Waals surface area contributed by atoms with Gasteiger partial charge in [-0.2, -0.15) is 5.48 Å². The first-order chi connectivity index (χ1) is 14.2. The molecule has 3 N–H and O–H groups in total. The number of rotatable bonds is 6. The van der Waals surface area contributed by atoms with Gasteiger partial charge in [0.1, 0.15) is 11.4 Å². The Morgan fingerprint density at radius 2 is 1.83 bits per heavy atom. The van der Waals surface area contributed by atoms with Crippen LogP contribution in [0.2, 0.25) is 0 Å². The van der Waals surface area contributed by atoms with Crippen LogP contribution >= 0.6 is 0 Å².